The third-order valence-corrected chi connectivity index (χ3v) is 4.00. The number of Topliss-reactive ketones (excluding diaryl/α,β-unsaturated/α-hetero) is 1. The van der Waals surface area contributed by atoms with Crippen molar-refractivity contribution in [2.75, 3.05) is 0 Å². The first-order chi connectivity index (χ1) is 12.1. The first-order valence-electron chi connectivity index (χ1n) is 8.13. The largest absolute Gasteiger partial charge is 0.451 e. The van der Waals surface area contributed by atoms with Crippen LogP contribution in [0.2, 0.25) is 0 Å². The van der Waals surface area contributed by atoms with Gasteiger partial charge in [0.15, 0.2) is 6.10 Å². The Morgan fingerprint density at radius 3 is 2.28 bits per heavy atom. The van der Waals surface area contributed by atoms with Crippen molar-refractivity contribution >= 4 is 22.8 Å². The van der Waals surface area contributed by atoms with Gasteiger partial charge in [0, 0.05) is 18.0 Å². The third kappa shape index (κ3) is 3.71. The van der Waals surface area contributed by atoms with E-state index in [9.17, 15) is 9.59 Å². The minimum Gasteiger partial charge on any atom is -0.451 e. The van der Waals surface area contributed by atoms with E-state index >= 15 is 0 Å². The second-order valence-electron chi connectivity index (χ2n) is 5.72. The van der Waals surface area contributed by atoms with Gasteiger partial charge in [-0.25, -0.2) is 4.79 Å². The summed E-state index contributed by atoms with van der Waals surface area (Å²) in [6.07, 6.45) is 3.19. The summed E-state index contributed by atoms with van der Waals surface area (Å²) in [6, 6.07) is 12.3. The molecule has 0 saturated heterocycles. The van der Waals surface area contributed by atoms with Crippen molar-refractivity contribution in [3.05, 3.63) is 71.5 Å². The van der Waals surface area contributed by atoms with Gasteiger partial charge < -0.3 is 4.74 Å². The summed E-state index contributed by atoms with van der Waals surface area (Å²) in [5, 5.41) is 0. The molecule has 3 aromatic rings. The molecule has 0 unspecified atom stereocenters. The van der Waals surface area contributed by atoms with Crippen LogP contribution in [-0.2, 0) is 11.2 Å². The minimum absolute atomic E-state index is 0.225. The molecule has 5 heteroatoms. The predicted octanol–water partition coefficient (Wildman–Crippen LogP) is 3.62. The maximum Gasteiger partial charge on any atom is 0.338 e. The number of aromatic nitrogens is 2. The molecule has 0 aliphatic carbocycles. The molecule has 0 amide bonds. The highest BCUT2D eigenvalue weighted by molar-refractivity contribution is 6.01. The predicted molar refractivity (Wildman–Crippen MR) is 94.6 cm³/mol. The van der Waals surface area contributed by atoms with Gasteiger partial charge in [-0.15, -0.1) is 0 Å². The Bertz CT molecular complexity index is 920. The standard InChI is InChI=1S/C20H18N2O3/c1-3-14-4-6-15(7-5-14)19(23)13(2)25-20(24)16-8-9-17-18(12-16)22-11-10-21-17/h4-13H,3H2,1-2H3/t13-/m1/s1. The lowest BCUT2D eigenvalue weighted by atomic mass is 10.0. The number of esters is 1. The lowest BCUT2D eigenvalue weighted by Crippen LogP contribution is -2.24. The number of hydrogen-bond donors (Lipinski definition) is 0. The number of fused-ring (bicyclic) bond motifs is 1. The number of aryl methyl sites for hydroxylation is 1. The average molecular weight is 334 g/mol. The maximum atomic E-state index is 12.4. The van der Waals surface area contributed by atoms with Gasteiger partial charge in [-0.05, 0) is 37.1 Å². The highest BCUT2D eigenvalue weighted by Gasteiger charge is 2.20. The number of rotatable bonds is 5. The van der Waals surface area contributed by atoms with Crippen LogP contribution in [-0.4, -0.2) is 27.8 Å². The normalized spacial score (nSPS) is 11.9. The van der Waals surface area contributed by atoms with Crippen LogP contribution in [0.25, 0.3) is 11.0 Å². The summed E-state index contributed by atoms with van der Waals surface area (Å²) in [4.78, 5) is 33.1. The Kier molecular flexibility index (Phi) is 4.84. The second-order valence-corrected chi connectivity index (χ2v) is 5.72. The van der Waals surface area contributed by atoms with Crippen molar-refractivity contribution < 1.29 is 14.3 Å². The molecule has 3 rings (SSSR count). The number of ether oxygens (including phenoxy) is 1. The summed E-state index contributed by atoms with van der Waals surface area (Å²) >= 11 is 0. The Morgan fingerprint density at radius 2 is 1.60 bits per heavy atom. The summed E-state index contributed by atoms with van der Waals surface area (Å²) in [5.74, 6) is -0.782. The smallest absolute Gasteiger partial charge is 0.338 e. The van der Waals surface area contributed by atoms with Crippen LogP contribution in [0, 0.1) is 0 Å². The van der Waals surface area contributed by atoms with E-state index in [1.807, 2.05) is 12.1 Å². The summed E-state index contributed by atoms with van der Waals surface area (Å²) in [7, 11) is 0. The van der Waals surface area contributed by atoms with Crippen molar-refractivity contribution in [2.24, 2.45) is 0 Å². The third-order valence-electron chi connectivity index (χ3n) is 4.00. The Labute approximate surface area is 145 Å². The zero-order valence-electron chi connectivity index (χ0n) is 14.1. The molecule has 0 N–H and O–H groups in total. The van der Waals surface area contributed by atoms with Crippen molar-refractivity contribution in [3.8, 4) is 0 Å². The van der Waals surface area contributed by atoms with Crippen LogP contribution < -0.4 is 0 Å². The fourth-order valence-electron chi connectivity index (χ4n) is 2.51. The summed E-state index contributed by atoms with van der Waals surface area (Å²) in [5.41, 5.74) is 3.32. The van der Waals surface area contributed by atoms with E-state index < -0.39 is 12.1 Å². The molecule has 0 spiro atoms. The van der Waals surface area contributed by atoms with Gasteiger partial charge in [0.05, 0.1) is 16.6 Å². The molecular weight excluding hydrogens is 316 g/mol. The van der Waals surface area contributed by atoms with Gasteiger partial charge in [0.1, 0.15) is 0 Å². The molecule has 5 nitrogen and oxygen atoms in total. The van der Waals surface area contributed by atoms with Crippen molar-refractivity contribution in [1.82, 2.24) is 9.97 Å². The Balaban J connectivity index is 1.72. The van der Waals surface area contributed by atoms with Crippen LogP contribution >= 0.6 is 0 Å². The monoisotopic (exact) mass is 334 g/mol. The van der Waals surface area contributed by atoms with Crippen molar-refractivity contribution in [3.63, 3.8) is 0 Å². The van der Waals surface area contributed by atoms with Crippen LogP contribution in [0.3, 0.4) is 0 Å². The van der Waals surface area contributed by atoms with Gasteiger partial charge >= 0.3 is 5.97 Å². The molecule has 0 aliphatic rings. The van der Waals surface area contributed by atoms with Gasteiger partial charge in [-0.2, -0.15) is 0 Å². The van der Waals surface area contributed by atoms with Crippen LogP contribution in [0.1, 0.15) is 40.1 Å². The first kappa shape index (κ1) is 16.8. The van der Waals surface area contributed by atoms with Gasteiger partial charge in [-0.3, -0.25) is 14.8 Å². The molecule has 1 atom stereocenters. The van der Waals surface area contributed by atoms with Crippen molar-refractivity contribution in [2.45, 2.75) is 26.4 Å². The van der Waals surface area contributed by atoms with Gasteiger partial charge in [0.2, 0.25) is 5.78 Å². The second kappa shape index (κ2) is 7.21. The Hall–Kier alpha value is -3.08. The SMILES string of the molecule is CCc1ccc(C(=O)[C@@H](C)OC(=O)c2ccc3nccnc3c2)cc1. The van der Waals surface area contributed by atoms with Crippen LogP contribution in [0.15, 0.2) is 54.9 Å². The molecule has 126 valence electrons. The molecule has 0 aliphatic heterocycles. The van der Waals surface area contributed by atoms with E-state index in [1.165, 1.54) is 0 Å². The molecule has 0 fully saturated rings. The van der Waals surface area contributed by atoms with Crippen LogP contribution in [0.4, 0.5) is 0 Å². The fourth-order valence-corrected chi connectivity index (χ4v) is 2.51. The molecular formula is C20H18N2O3. The molecule has 0 saturated carbocycles. The van der Waals surface area contributed by atoms with E-state index in [0.29, 0.717) is 22.2 Å². The number of benzene rings is 2. The van der Waals surface area contributed by atoms with E-state index in [2.05, 4.69) is 16.9 Å². The maximum absolute atomic E-state index is 12.4. The van der Waals surface area contributed by atoms with E-state index in [4.69, 9.17) is 4.74 Å². The lowest BCUT2D eigenvalue weighted by molar-refractivity contribution is 0.0319. The van der Waals surface area contributed by atoms with Crippen molar-refractivity contribution in [1.29, 1.82) is 0 Å². The highest BCUT2D eigenvalue weighted by atomic mass is 16.5. The summed E-state index contributed by atoms with van der Waals surface area (Å²) < 4.78 is 5.32. The van der Waals surface area contributed by atoms with Gasteiger partial charge in [-0.1, -0.05) is 31.2 Å². The Morgan fingerprint density at radius 1 is 0.960 bits per heavy atom. The molecule has 0 bridgehead atoms. The van der Waals surface area contributed by atoms with E-state index in [-0.39, 0.29) is 5.78 Å². The molecule has 0 radical (unpaired) electrons. The lowest BCUT2D eigenvalue weighted by Gasteiger charge is -2.13. The average Bonchev–Trinajstić information content (AvgIpc) is 2.67. The number of carbonyl (C=O) groups excluding carboxylic acids is 2. The zero-order chi connectivity index (χ0) is 17.8. The van der Waals surface area contributed by atoms with E-state index in [0.717, 1.165) is 12.0 Å². The highest BCUT2D eigenvalue weighted by Crippen LogP contribution is 2.14. The number of hydrogen-bond acceptors (Lipinski definition) is 5. The molecule has 2 aromatic carbocycles. The topological polar surface area (TPSA) is 69.2 Å². The summed E-state index contributed by atoms with van der Waals surface area (Å²) in [6.45, 7) is 3.63. The molecule has 1 heterocycles. The van der Waals surface area contributed by atoms with Crippen LogP contribution in [0.5, 0.6) is 0 Å². The zero-order valence-corrected chi connectivity index (χ0v) is 14.1. The minimum atomic E-state index is -0.863. The van der Waals surface area contributed by atoms with E-state index in [1.54, 1.807) is 49.6 Å². The molecule has 25 heavy (non-hydrogen) atoms. The number of nitrogens with zero attached hydrogens (tertiary/aromatic N) is 2. The number of carbonyl (C=O) groups is 2. The fraction of sp³-hybridized carbons (Fsp3) is 0.200. The quantitative estimate of drug-likeness (QED) is 0.526. The number of ketones is 1. The first-order valence-corrected chi connectivity index (χ1v) is 8.13. The van der Waals surface area contributed by atoms with Gasteiger partial charge in [0.25, 0.3) is 0 Å². The molecule has 1 aromatic heterocycles.